The number of H-pyrrole nitrogens is 1. The van der Waals surface area contributed by atoms with Gasteiger partial charge in [-0.25, -0.2) is 4.39 Å². The van der Waals surface area contributed by atoms with Crippen molar-refractivity contribution >= 4 is 33.9 Å². The van der Waals surface area contributed by atoms with Crippen LogP contribution in [0.1, 0.15) is 11.1 Å². The summed E-state index contributed by atoms with van der Waals surface area (Å²) in [7, 11) is 4.72. The average molecular weight is 508 g/mol. The number of hydrogen-bond donors (Lipinski definition) is 2. The number of benzene rings is 3. The lowest BCUT2D eigenvalue weighted by Gasteiger charge is -2.26. The maximum Gasteiger partial charge on any atom is 0.253 e. The van der Waals surface area contributed by atoms with E-state index in [2.05, 4.69) is 10.3 Å². The van der Waals surface area contributed by atoms with E-state index in [0.29, 0.717) is 39.9 Å². The van der Waals surface area contributed by atoms with E-state index in [1.807, 2.05) is 41.3 Å². The summed E-state index contributed by atoms with van der Waals surface area (Å²) in [4.78, 5) is 17.8. The van der Waals surface area contributed by atoms with E-state index in [0.717, 1.165) is 16.7 Å². The molecule has 4 aromatic rings. The van der Waals surface area contributed by atoms with Crippen LogP contribution in [0.4, 0.5) is 10.1 Å². The molecule has 36 heavy (non-hydrogen) atoms. The van der Waals surface area contributed by atoms with Crippen LogP contribution in [0.15, 0.2) is 71.5 Å². The van der Waals surface area contributed by atoms with Crippen molar-refractivity contribution in [3.63, 3.8) is 0 Å². The van der Waals surface area contributed by atoms with Gasteiger partial charge in [-0.3, -0.25) is 4.79 Å². The molecule has 0 atom stereocenters. The number of hydrogen-bond acceptors (Lipinski definition) is 5. The van der Waals surface area contributed by atoms with Crippen LogP contribution in [0, 0.1) is 5.82 Å². The van der Waals surface area contributed by atoms with E-state index in [1.165, 1.54) is 12.1 Å². The van der Waals surface area contributed by atoms with Crippen LogP contribution in [0.5, 0.6) is 17.2 Å². The highest BCUT2D eigenvalue weighted by molar-refractivity contribution is 7.80. The van der Waals surface area contributed by atoms with Gasteiger partial charge in [0.25, 0.3) is 5.56 Å². The summed E-state index contributed by atoms with van der Waals surface area (Å²) in [5.74, 6) is 1.50. The van der Waals surface area contributed by atoms with Crippen molar-refractivity contribution in [3.05, 3.63) is 94.0 Å². The van der Waals surface area contributed by atoms with Crippen LogP contribution in [-0.4, -0.2) is 36.3 Å². The molecule has 1 heterocycles. The van der Waals surface area contributed by atoms with Crippen molar-refractivity contribution in [2.45, 2.75) is 13.1 Å². The van der Waals surface area contributed by atoms with Crippen LogP contribution in [0.2, 0.25) is 0 Å². The van der Waals surface area contributed by atoms with Gasteiger partial charge in [0.05, 0.1) is 33.4 Å². The Labute approximate surface area is 213 Å². The molecule has 0 spiro atoms. The summed E-state index contributed by atoms with van der Waals surface area (Å²) < 4.78 is 29.4. The third kappa shape index (κ3) is 5.75. The van der Waals surface area contributed by atoms with Crippen molar-refractivity contribution in [2.75, 3.05) is 26.6 Å². The van der Waals surface area contributed by atoms with E-state index in [-0.39, 0.29) is 17.9 Å². The number of aromatic amines is 1. The number of pyridine rings is 1. The summed E-state index contributed by atoms with van der Waals surface area (Å²) in [6.45, 7) is 0.666. The first-order valence-corrected chi connectivity index (χ1v) is 11.5. The molecule has 7 nitrogen and oxygen atoms in total. The molecule has 4 rings (SSSR count). The standard InChI is InChI=1S/C27H26FN3O4S/c1-33-22-10-4-17(5-11-22)15-31(27(36)29-21-8-6-20(28)7-9-21)16-19-12-18-13-24(34-2)25(35-3)14-23(18)30-26(19)32/h4-14H,15-16H2,1-3H3,(H,29,36)(H,30,32). The smallest absolute Gasteiger partial charge is 0.253 e. The number of halogens is 1. The van der Waals surface area contributed by atoms with Crippen molar-refractivity contribution in [3.8, 4) is 17.2 Å². The minimum absolute atomic E-state index is 0.235. The van der Waals surface area contributed by atoms with Crippen molar-refractivity contribution in [2.24, 2.45) is 0 Å². The predicted octanol–water partition coefficient (Wildman–Crippen LogP) is 5.09. The Bertz CT molecular complexity index is 1420. The lowest BCUT2D eigenvalue weighted by molar-refractivity contribution is 0.355. The molecule has 0 saturated carbocycles. The maximum absolute atomic E-state index is 13.4. The lowest BCUT2D eigenvalue weighted by Crippen LogP contribution is -2.35. The average Bonchev–Trinajstić information content (AvgIpc) is 2.89. The van der Waals surface area contributed by atoms with E-state index in [1.54, 1.807) is 39.5 Å². The van der Waals surface area contributed by atoms with Gasteiger partial charge in [0.15, 0.2) is 16.6 Å². The Hall–Kier alpha value is -4.11. The molecular weight excluding hydrogens is 481 g/mol. The quantitative estimate of drug-likeness (QED) is 0.322. The molecule has 0 aliphatic heterocycles. The highest BCUT2D eigenvalue weighted by atomic mass is 32.1. The third-order valence-electron chi connectivity index (χ3n) is 5.70. The first-order chi connectivity index (χ1) is 17.4. The molecule has 0 aliphatic rings. The predicted molar refractivity (Wildman–Crippen MR) is 143 cm³/mol. The molecular formula is C27H26FN3O4S. The lowest BCUT2D eigenvalue weighted by atomic mass is 10.1. The Kier molecular flexibility index (Phi) is 7.70. The Morgan fingerprint density at radius 1 is 0.917 bits per heavy atom. The number of fused-ring (bicyclic) bond motifs is 1. The zero-order valence-electron chi connectivity index (χ0n) is 20.1. The van der Waals surface area contributed by atoms with E-state index in [9.17, 15) is 9.18 Å². The summed E-state index contributed by atoms with van der Waals surface area (Å²) in [6.07, 6.45) is 0. The maximum atomic E-state index is 13.4. The van der Waals surface area contributed by atoms with Gasteiger partial charge in [0.1, 0.15) is 11.6 Å². The molecule has 0 bridgehead atoms. The van der Waals surface area contributed by atoms with Gasteiger partial charge >= 0.3 is 0 Å². The van der Waals surface area contributed by atoms with Crippen LogP contribution in [0.3, 0.4) is 0 Å². The van der Waals surface area contributed by atoms with Gasteiger partial charge in [-0.15, -0.1) is 0 Å². The van der Waals surface area contributed by atoms with Gasteiger partial charge in [0, 0.05) is 29.2 Å². The highest BCUT2D eigenvalue weighted by Crippen LogP contribution is 2.31. The van der Waals surface area contributed by atoms with Crippen LogP contribution in [-0.2, 0) is 13.1 Å². The second-order valence-corrected chi connectivity index (χ2v) is 8.45. The number of nitrogens with one attached hydrogen (secondary N) is 2. The van der Waals surface area contributed by atoms with E-state index in [4.69, 9.17) is 26.4 Å². The van der Waals surface area contributed by atoms with E-state index >= 15 is 0 Å². The van der Waals surface area contributed by atoms with Gasteiger partial charge in [0.2, 0.25) is 0 Å². The first-order valence-electron chi connectivity index (χ1n) is 11.1. The number of anilines is 1. The van der Waals surface area contributed by atoms with Crippen molar-refractivity contribution in [1.29, 1.82) is 0 Å². The monoisotopic (exact) mass is 507 g/mol. The molecule has 0 aliphatic carbocycles. The molecule has 1 aromatic heterocycles. The molecule has 3 aromatic carbocycles. The fourth-order valence-electron chi connectivity index (χ4n) is 3.79. The molecule has 0 amide bonds. The summed E-state index contributed by atoms with van der Waals surface area (Å²) in [5, 5.41) is 4.33. The molecule has 0 unspecified atom stereocenters. The zero-order valence-corrected chi connectivity index (χ0v) is 20.9. The first kappa shape index (κ1) is 25.0. The van der Waals surface area contributed by atoms with Crippen LogP contribution >= 0.6 is 12.2 Å². The molecule has 2 N–H and O–H groups in total. The number of thiocarbonyl (C=S) groups is 1. The number of aromatic nitrogens is 1. The summed E-state index contributed by atoms with van der Waals surface area (Å²) >= 11 is 5.70. The second kappa shape index (κ2) is 11.1. The third-order valence-corrected chi connectivity index (χ3v) is 6.06. The Morgan fingerprint density at radius 2 is 1.58 bits per heavy atom. The molecule has 9 heteroatoms. The Morgan fingerprint density at radius 3 is 2.22 bits per heavy atom. The van der Waals surface area contributed by atoms with E-state index < -0.39 is 0 Å². The SMILES string of the molecule is COc1ccc(CN(Cc2cc3cc(OC)c(OC)cc3[nH]c2=O)C(=S)Nc2ccc(F)cc2)cc1. The number of methoxy groups -OCH3 is 3. The topological polar surface area (TPSA) is 75.8 Å². The minimum Gasteiger partial charge on any atom is -0.497 e. The van der Waals surface area contributed by atoms with Gasteiger partial charge in [-0.05, 0) is 66.3 Å². The van der Waals surface area contributed by atoms with Gasteiger partial charge in [-0.2, -0.15) is 0 Å². The number of ether oxygens (including phenoxy) is 3. The number of nitrogens with zero attached hydrogens (tertiary/aromatic N) is 1. The molecule has 186 valence electrons. The van der Waals surface area contributed by atoms with Crippen LogP contribution < -0.4 is 25.1 Å². The fraction of sp³-hybridized carbons (Fsp3) is 0.185. The second-order valence-electron chi connectivity index (χ2n) is 8.06. The summed E-state index contributed by atoms with van der Waals surface area (Å²) in [6, 6.07) is 18.9. The normalized spacial score (nSPS) is 10.7. The molecule has 0 radical (unpaired) electrons. The highest BCUT2D eigenvalue weighted by Gasteiger charge is 2.16. The zero-order chi connectivity index (χ0) is 25.7. The van der Waals surface area contributed by atoms with Crippen LogP contribution in [0.25, 0.3) is 10.9 Å². The van der Waals surface area contributed by atoms with Gasteiger partial charge < -0.3 is 29.4 Å². The minimum atomic E-state index is -0.337. The summed E-state index contributed by atoms with van der Waals surface area (Å²) in [5.41, 5.74) is 2.54. The molecule has 0 fully saturated rings. The van der Waals surface area contributed by atoms with Gasteiger partial charge in [-0.1, -0.05) is 12.1 Å². The van der Waals surface area contributed by atoms with Crippen molar-refractivity contribution < 1.29 is 18.6 Å². The fourth-order valence-corrected chi connectivity index (χ4v) is 4.03. The van der Waals surface area contributed by atoms with Crippen molar-refractivity contribution in [1.82, 2.24) is 9.88 Å². The Balaban J connectivity index is 1.67. The largest absolute Gasteiger partial charge is 0.497 e. The number of rotatable bonds is 8. The molecule has 0 saturated heterocycles.